The number of rotatable bonds is 6. The Bertz CT molecular complexity index is 349. The van der Waals surface area contributed by atoms with Gasteiger partial charge in [-0.2, -0.15) is 0 Å². The number of aliphatic carboxylic acids is 1. The molecule has 1 aromatic rings. The molecule has 4 nitrogen and oxygen atoms in total. The summed E-state index contributed by atoms with van der Waals surface area (Å²) >= 11 is 0. The number of hydrogen-bond donors (Lipinski definition) is 3. The molecule has 0 aromatic heterocycles. The van der Waals surface area contributed by atoms with Crippen LogP contribution in [0.25, 0.3) is 0 Å². The number of aliphatic hydroxyl groups excluding tert-OH is 1. The van der Waals surface area contributed by atoms with Crippen LogP contribution in [0.1, 0.15) is 11.6 Å². The molecule has 0 aliphatic heterocycles. The zero-order valence-corrected chi connectivity index (χ0v) is 8.84. The van der Waals surface area contributed by atoms with E-state index < -0.39 is 5.97 Å². The van der Waals surface area contributed by atoms with Crippen LogP contribution in [-0.4, -0.2) is 29.3 Å². The predicted molar refractivity (Wildman–Crippen MR) is 61.0 cm³/mol. The fourth-order valence-electron chi connectivity index (χ4n) is 1.34. The highest BCUT2D eigenvalue weighted by atomic mass is 16.4. The Morgan fingerprint density at radius 2 is 2.06 bits per heavy atom. The molecule has 4 heteroatoms. The molecule has 86 valence electrons. The predicted octanol–water partition coefficient (Wildman–Crippen LogP) is 0.950. The number of carboxylic acid groups (broad SMARTS) is 1. The largest absolute Gasteiger partial charge is 0.478 e. The summed E-state index contributed by atoms with van der Waals surface area (Å²) in [5.41, 5.74) is 0.980. The summed E-state index contributed by atoms with van der Waals surface area (Å²) in [6.45, 7) is 0.386. The third-order valence-corrected chi connectivity index (χ3v) is 2.13. The van der Waals surface area contributed by atoms with E-state index in [9.17, 15) is 9.90 Å². The molecule has 0 radical (unpaired) electrons. The highest BCUT2D eigenvalue weighted by Crippen LogP contribution is 2.10. The number of benzene rings is 1. The Balaban J connectivity index is 2.47. The van der Waals surface area contributed by atoms with E-state index in [1.54, 1.807) is 0 Å². The van der Waals surface area contributed by atoms with E-state index in [-0.39, 0.29) is 12.6 Å². The van der Waals surface area contributed by atoms with Crippen molar-refractivity contribution in [3.05, 3.63) is 48.0 Å². The van der Waals surface area contributed by atoms with Crippen molar-refractivity contribution in [1.82, 2.24) is 5.32 Å². The molecule has 1 atom stereocenters. The number of carbonyl (C=O) groups is 1. The number of aliphatic hydroxyl groups is 1. The first-order chi connectivity index (χ1) is 7.74. The molecule has 3 N–H and O–H groups in total. The van der Waals surface area contributed by atoms with Gasteiger partial charge in [-0.05, 0) is 5.56 Å². The van der Waals surface area contributed by atoms with Crippen LogP contribution in [0, 0.1) is 0 Å². The average molecular weight is 221 g/mol. The maximum atomic E-state index is 10.2. The van der Waals surface area contributed by atoms with Gasteiger partial charge in [0.2, 0.25) is 0 Å². The molecule has 1 unspecified atom stereocenters. The SMILES string of the molecule is O=C(O)/C=C/CNC(CO)c1ccccc1. The molecular formula is C12H15NO3. The van der Waals surface area contributed by atoms with Crippen molar-refractivity contribution in [2.24, 2.45) is 0 Å². The third-order valence-electron chi connectivity index (χ3n) is 2.13. The van der Waals surface area contributed by atoms with Crippen LogP contribution in [0.15, 0.2) is 42.5 Å². The van der Waals surface area contributed by atoms with Gasteiger partial charge in [0.25, 0.3) is 0 Å². The standard InChI is InChI=1S/C12H15NO3/c14-9-11(10-5-2-1-3-6-10)13-8-4-7-12(15)16/h1-7,11,13-14H,8-9H2,(H,15,16)/b7-4+. The molecule has 16 heavy (non-hydrogen) atoms. The van der Waals surface area contributed by atoms with Crippen molar-refractivity contribution < 1.29 is 15.0 Å². The van der Waals surface area contributed by atoms with Crippen LogP contribution in [0.2, 0.25) is 0 Å². The smallest absolute Gasteiger partial charge is 0.328 e. The quantitative estimate of drug-likeness (QED) is 0.625. The Hall–Kier alpha value is -1.65. The van der Waals surface area contributed by atoms with Gasteiger partial charge in [0.15, 0.2) is 0 Å². The highest BCUT2D eigenvalue weighted by molar-refractivity contribution is 5.79. The second-order valence-electron chi connectivity index (χ2n) is 3.29. The fraction of sp³-hybridized carbons (Fsp3) is 0.250. The Labute approximate surface area is 94.2 Å². The number of carboxylic acids is 1. The van der Waals surface area contributed by atoms with E-state index in [0.29, 0.717) is 6.54 Å². The summed E-state index contributed by atoms with van der Waals surface area (Å²) in [4.78, 5) is 10.2. The summed E-state index contributed by atoms with van der Waals surface area (Å²) in [5, 5.41) is 20.6. The Morgan fingerprint density at radius 1 is 1.38 bits per heavy atom. The number of nitrogens with one attached hydrogen (secondary N) is 1. The first-order valence-corrected chi connectivity index (χ1v) is 5.02. The second kappa shape index (κ2) is 6.76. The molecule has 0 aliphatic rings. The van der Waals surface area contributed by atoms with E-state index in [2.05, 4.69) is 5.32 Å². The second-order valence-corrected chi connectivity index (χ2v) is 3.29. The van der Waals surface area contributed by atoms with Crippen molar-refractivity contribution in [2.45, 2.75) is 6.04 Å². The van der Waals surface area contributed by atoms with E-state index >= 15 is 0 Å². The third kappa shape index (κ3) is 4.25. The lowest BCUT2D eigenvalue weighted by molar-refractivity contribution is -0.131. The van der Waals surface area contributed by atoms with Crippen LogP contribution in [-0.2, 0) is 4.79 Å². The minimum absolute atomic E-state index is 0.0229. The van der Waals surface area contributed by atoms with Crippen LogP contribution < -0.4 is 5.32 Å². The molecule has 0 fully saturated rings. The summed E-state index contributed by atoms with van der Waals surface area (Å²) in [6.07, 6.45) is 2.58. The Morgan fingerprint density at radius 3 is 2.62 bits per heavy atom. The molecule has 0 aliphatic carbocycles. The van der Waals surface area contributed by atoms with Crippen LogP contribution in [0.5, 0.6) is 0 Å². The lowest BCUT2D eigenvalue weighted by Gasteiger charge is -2.15. The zero-order chi connectivity index (χ0) is 11.8. The van der Waals surface area contributed by atoms with Gasteiger partial charge in [-0.25, -0.2) is 4.79 Å². The van der Waals surface area contributed by atoms with E-state index in [4.69, 9.17) is 5.11 Å². The van der Waals surface area contributed by atoms with Gasteiger partial charge in [-0.15, -0.1) is 0 Å². The molecule has 0 heterocycles. The maximum Gasteiger partial charge on any atom is 0.328 e. The maximum absolute atomic E-state index is 10.2. The summed E-state index contributed by atoms with van der Waals surface area (Å²) in [6, 6.07) is 9.35. The highest BCUT2D eigenvalue weighted by Gasteiger charge is 2.07. The van der Waals surface area contributed by atoms with Gasteiger partial charge in [0.1, 0.15) is 0 Å². The van der Waals surface area contributed by atoms with Gasteiger partial charge in [0, 0.05) is 12.6 Å². The van der Waals surface area contributed by atoms with Crippen molar-refractivity contribution in [3.8, 4) is 0 Å². The molecule has 0 spiro atoms. The molecule has 0 saturated carbocycles. The minimum Gasteiger partial charge on any atom is -0.478 e. The molecule has 0 bridgehead atoms. The van der Waals surface area contributed by atoms with E-state index in [1.807, 2.05) is 30.3 Å². The normalized spacial score (nSPS) is 12.8. The van der Waals surface area contributed by atoms with Crippen LogP contribution in [0.4, 0.5) is 0 Å². The van der Waals surface area contributed by atoms with Crippen molar-refractivity contribution in [3.63, 3.8) is 0 Å². The zero-order valence-electron chi connectivity index (χ0n) is 8.84. The topological polar surface area (TPSA) is 69.6 Å². The van der Waals surface area contributed by atoms with E-state index in [1.165, 1.54) is 6.08 Å². The molecule has 1 rings (SSSR count). The van der Waals surface area contributed by atoms with E-state index in [0.717, 1.165) is 11.6 Å². The van der Waals surface area contributed by atoms with Crippen LogP contribution >= 0.6 is 0 Å². The van der Waals surface area contributed by atoms with Crippen molar-refractivity contribution >= 4 is 5.97 Å². The number of hydrogen-bond acceptors (Lipinski definition) is 3. The monoisotopic (exact) mass is 221 g/mol. The molecular weight excluding hydrogens is 206 g/mol. The first kappa shape index (κ1) is 12.4. The van der Waals surface area contributed by atoms with Crippen molar-refractivity contribution in [2.75, 3.05) is 13.2 Å². The summed E-state index contributed by atoms with van der Waals surface area (Å²) in [5.74, 6) is -0.970. The first-order valence-electron chi connectivity index (χ1n) is 5.02. The summed E-state index contributed by atoms with van der Waals surface area (Å²) in [7, 11) is 0. The Kier molecular flexibility index (Phi) is 5.25. The summed E-state index contributed by atoms with van der Waals surface area (Å²) < 4.78 is 0. The minimum atomic E-state index is -0.970. The van der Waals surface area contributed by atoms with Gasteiger partial charge < -0.3 is 15.5 Å². The average Bonchev–Trinajstić information content (AvgIpc) is 2.30. The molecule has 1 aromatic carbocycles. The van der Waals surface area contributed by atoms with Gasteiger partial charge >= 0.3 is 5.97 Å². The molecule has 0 saturated heterocycles. The molecule has 0 amide bonds. The van der Waals surface area contributed by atoms with Crippen molar-refractivity contribution in [1.29, 1.82) is 0 Å². The van der Waals surface area contributed by atoms with Gasteiger partial charge in [0.05, 0.1) is 12.6 Å². The van der Waals surface area contributed by atoms with Crippen LogP contribution in [0.3, 0.4) is 0 Å². The van der Waals surface area contributed by atoms with Gasteiger partial charge in [-0.3, -0.25) is 0 Å². The van der Waals surface area contributed by atoms with Gasteiger partial charge in [-0.1, -0.05) is 36.4 Å². The lowest BCUT2D eigenvalue weighted by atomic mass is 10.1. The fourth-order valence-corrected chi connectivity index (χ4v) is 1.34. The lowest BCUT2D eigenvalue weighted by Crippen LogP contribution is -2.24.